The molecule has 0 aliphatic heterocycles. The molecule has 0 aromatic heterocycles. The minimum Gasteiger partial charge on any atom is -0.396 e. The SMILES string of the molecule is CC(NC(=O)NC(C)C(C)CO)c1ccc2ccccc2c1. The van der Waals surface area contributed by atoms with Crippen LogP contribution in [-0.2, 0) is 0 Å². The number of aliphatic hydroxyl groups excluding tert-OH is 1. The quantitative estimate of drug-likeness (QED) is 0.794. The molecule has 2 aromatic rings. The lowest BCUT2D eigenvalue weighted by Gasteiger charge is -2.22. The predicted molar refractivity (Wildman–Crippen MR) is 89.7 cm³/mol. The Balaban J connectivity index is 2.01. The molecule has 0 fully saturated rings. The molecule has 0 aliphatic rings. The van der Waals surface area contributed by atoms with E-state index in [0.29, 0.717) is 0 Å². The first-order valence-electron chi connectivity index (χ1n) is 7.68. The normalized spacial score (nSPS) is 15.1. The summed E-state index contributed by atoms with van der Waals surface area (Å²) in [5.74, 6) is 0.0294. The number of hydrogen-bond donors (Lipinski definition) is 3. The molecule has 4 heteroatoms. The monoisotopic (exact) mass is 300 g/mol. The van der Waals surface area contributed by atoms with E-state index in [4.69, 9.17) is 5.11 Å². The summed E-state index contributed by atoms with van der Waals surface area (Å²) < 4.78 is 0. The van der Waals surface area contributed by atoms with Crippen LogP contribution < -0.4 is 10.6 Å². The Labute approximate surface area is 131 Å². The molecule has 4 nitrogen and oxygen atoms in total. The fourth-order valence-electron chi connectivity index (χ4n) is 2.31. The van der Waals surface area contributed by atoms with E-state index in [1.54, 1.807) is 0 Å². The summed E-state index contributed by atoms with van der Waals surface area (Å²) in [6.07, 6.45) is 0. The molecule has 2 rings (SSSR count). The van der Waals surface area contributed by atoms with Crippen molar-refractivity contribution in [3.8, 4) is 0 Å². The molecule has 3 unspecified atom stereocenters. The number of carbonyl (C=O) groups is 1. The molecule has 22 heavy (non-hydrogen) atoms. The van der Waals surface area contributed by atoms with Crippen molar-refractivity contribution in [1.82, 2.24) is 10.6 Å². The summed E-state index contributed by atoms with van der Waals surface area (Å²) in [6.45, 7) is 5.81. The average Bonchev–Trinajstić information content (AvgIpc) is 2.53. The van der Waals surface area contributed by atoms with Crippen molar-refractivity contribution in [3.63, 3.8) is 0 Å². The molecule has 0 saturated carbocycles. The van der Waals surface area contributed by atoms with Crippen LogP contribution in [0.3, 0.4) is 0 Å². The first-order chi connectivity index (χ1) is 10.5. The van der Waals surface area contributed by atoms with Gasteiger partial charge in [0.15, 0.2) is 0 Å². The topological polar surface area (TPSA) is 61.4 Å². The second-order valence-corrected chi connectivity index (χ2v) is 5.89. The number of nitrogens with one attached hydrogen (secondary N) is 2. The lowest BCUT2D eigenvalue weighted by Crippen LogP contribution is -2.44. The highest BCUT2D eigenvalue weighted by Gasteiger charge is 2.15. The van der Waals surface area contributed by atoms with Crippen molar-refractivity contribution in [2.75, 3.05) is 6.61 Å². The van der Waals surface area contributed by atoms with Gasteiger partial charge in [0, 0.05) is 12.6 Å². The van der Waals surface area contributed by atoms with Gasteiger partial charge in [0.1, 0.15) is 0 Å². The van der Waals surface area contributed by atoms with E-state index in [1.165, 1.54) is 5.39 Å². The average molecular weight is 300 g/mol. The smallest absolute Gasteiger partial charge is 0.315 e. The van der Waals surface area contributed by atoms with Crippen molar-refractivity contribution in [2.45, 2.75) is 32.9 Å². The van der Waals surface area contributed by atoms with Gasteiger partial charge in [0.25, 0.3) is 0 Å². The van der Waals surface area contributed by atoms with E-state index >= 15 is 0 Å². The van der Waals surface area contributed by atoms with Crippen molar-refractivity contribution in [3.05, 3.63) is 48.0 Å². The largest absolute Gasteiger partial charge is 0.396 e. The van der Waals surface area contributed by atoms with Crippen LogP contribution in [0, 0.1) is 5.92 Å². The molecular formula is C18H24N2O2. The van der Waals surface area contributed by atoms with Crippen molar-refractivity contribution in [1.29, 1.82) is 0 Å². The molecular weight excluding hydrogens is 276 g/mol. The Bertz CT molecular complexity index is 642. The maximum Gasteiger partial charge on any atom is 0.315 e. The van der Waals surface area contributed by atoms with Crippen LogP contribution in [0.1, 0.15) is 32.4 Å². The van der Waals surface area contributed by atoms with Crippen molar-refractivity contribution < 1.29 is 9.90 Å². The number of benzene rings is 2. The molecule has 0 bridgehead atoms. The molecule has 2 amide bonds. The summed E-state index contributed by atoms with van der Waals surface area (Å²) in [4.78, 5) is 12.0. The summed E-state index contributed by atoms with van der Waals surface area (Å²) in [7, 11) is 0. The Morgan fingerprint density at radius 3 is 2.41 bits per heavy atom. The highest BCUT2D eigenvalue weighted by molar-refractivity contribution is 5.83. The lowest BCUT2D eigenvalue weighted by molar-refractivity contribution is 0.199. The van der Waals surface area contributed by atoms with Gasteiger partial charge in [-0.3, -0.25) is 0 Å². The van der Waals surface area contributed by atoms with Gasteiger partial charge in [-0.25, -0.2) is 4.79 Å². The zero-order valence-corrected chi connectivity index (χ0v) is 13.3. The standard InChI is InChI=1S/C18H24N2O2/c1-12(11-21)13(2)19-18(22)20-14(3)16-9-8-15-6-4-5-7-17(15)10-16/h4-10,12-14,21H,11H2,1-3H3,(H2,19,20,22). The fraction of sp³-hybridized carbons (Fsp3) is 0.389. The van der Waals surface area contributed by atoms with E-state index in [-0.39, 0.29) is 30.6 Å². The van der Waals surface area contributed by atoms with E-state index in [1.807, 2.05) is 39.0 Å². The van der Waals surface area contributed by atoms with Crippen LogP contribution in [0.15, 0.2) is 42.5 Å². The third kappa shape index (κ3) is 3.98. The van der Waals surface area contributed by atoms with Gasteiger partial charge >= 0.3 is 6.03 Å². The lowest BCUT2D eigenvalue weighted by atomic mass is 10.0. The number of aliphatic hydroxyl groups is 1. The predicted octanol–water partition coefficient (Wildman–Crippen LogP) is 3.22. The van der Waals surface area contributed by atoms with E-state index in [2.05, 4.69) is 34.9 Å². The summed E-state index contributed by atoms with van der Waals surface area (Å²) >= 11 is 0. The van der Waals surface area contributed by atoms with Gasteiger partial charge in [-0.15, -0.1) is 0 Å². The molecule has 0 heterocycles. The van der Waals surface area contributed by atoms with Crippen molar-refractivity contribution >= 4 is 16.8 Å². The number of hydrogen-bond acceptors (Lipinski definition) is 2. The van der Waals surface area contributed by atoms with Crippen LogP contribution in [0.5, 0.6) is 0 Å². The third-order valence-corrected chi connectivity index (χ3v) is 4.12. The summed E-state index contributed by atoms with van der Waals surface area (Å²) in [6, 6.07) is 14.0. The van der Waals surface area contributed by atoms with Gasteiger partial charge in [-0.2, -0.15) is 0 Å². The number of fused-ring (bicyclic) bond motifs is 1. The van der Waals surface area contributed by atoms with Crippen molar-refractivity contribution in [2.24, 2.45) is 5.92 Å². The number of rotatable bonds is 5. The van der Waals surface area contributed by atoms with E-state index < -0.39 is 0 Å². The summed E-state index contributed by atoms with van der Waals surface area (Å²) in [5, 5.41) is 17.3. The molecule has 2 aromatic carbocycles. The fourth-order valence-corrected chi connectivity index (χ4v) is 2.31. The van der Waals surface area contributed by atoms with Gasteiger partial charge in [0.05, 0.1) is 6.04 Å². The molecule has 0 aliphatic carbocycles. The zero-order chi connectivity index (χ0) is 16.1. The van der Waals surface area contributed by atoms with Crippen LogP contribution in [-0.4, -0.2) is 23.8 Å². The van der Waals surface area contributed by atoms with Crippen LogP contribution >= 0.6 is 0 Å². The Morgan fingerprint density at radius 2 is 1.73 bits per heavy atom. The molecule has 118 valence electrons. The summed E-state index contributed by atoms with van der Waals surface area (Å²) in [5.41, 5.74) is 1.07. The molecule has 0 radical (unpaired) electrons. The third-order valence-electron chi connectivity index (χ3n) is 4.12. The maximum absolute atomic E-state index is 12.0. The molecule has 0 spiro atoms. The van der Waals surface area contributed by atoms with Gasteiger partial charge in [0.2, 0.25) is 0 Å². The highest BCUT2D eigenvalue weighted by Crippen LogP contribution is 2.20. The van der Waals surface area contributed by atoms with Gasteiger partial charge in [-0.05, 0) is 42.2 Å². The van der Waals surface area contributed by atoms with E-state index in [0.717, 1.165) is 10.9 Å². The number of amides is 2. The van der Waals surface area contributed by atoms with Gasteiger partial charge in [-0.1, -0.05) is 43.3 Å². The maximum atomic E-state index is 12.0. The minimum atomic E-state index is -0.214. The second kappa shape index (κ2) is 7.27. The Hall–Kier alpha value is -2.07. The molecule has 3 atom stereocenters. The van der Waals surface area contributed by atoms with Crippen LogP contribution in [0.25, 0.3) is 10.8 Å². The first-order valence-corrected chi connectivity index (χ1v) is 7.68. The number of carbonyl (C=O) groups excluding carboxylic acids is 1. The Morgan fingerprint density at radius 1 is 1.05 bits per heavy atom. The number of urea groups is 1. The van der Waals surface area contributed by atoms with Crippen LogP contribution in [0.2, 0.25) is 0 Å². The first kappa shape index (κ1) is 16.3. The second-order valence-electron chi connectivity index (χ2n) is 5.89. The minimum absolute atomic E-state index is 0.0294. The van der Waals surface area contributed by atoms with E-state index in [9.17, 15) is 4.79 Å². The van der Waals surface area contributed by atoms with Gasteiger partial charge < -0.3 is 15.7 Å². The Kier molecular flexibility index (Phi) is 5.39. The molecule has 3 N–H and O–H groups in total. The zero-order valence-electron chi connectivity index (χ0n) is 13.3. The molecule has 0 saturated heterocycles. The van der Waals surface area contributed by atoms with Crippen LogP contribution in [0.4, 0.5) is 4.79 Å². The highest BCUT2D eigenvalue weighted by atomic mass is 16.3.